The van der Waals surface area contributed by atoms with Gasteiger partial charge < -0.3 is 9.47 Å². The van der Waals surface area contributed by atoms with E-state index in [4.69, 9.17) is 14.5 Å². The lowest BCUT2D eigenvalue weighted by Crippen LogP contribution is -2.50. The van der Waals surface area contributed by atoms with E-state index >= 15 is 0 Å². The maximum Gasteiger partial charge on any atom is 0.133 e. The predicted octanol–water partition coefficient (Wildman–Crippen LogP) is 4.03. The largest absolute Gasteiger partial charge is 0.381 e. The number of ether oxygens (including phenoxy) is 2. The van der Waals surface area contributed by atoms with E-state index in [9.17, 15) is 0 Å². The Morgan fingerprint density at radius 2 is 2.17 bits per heavy atom. The molecule has 130 valence electrons. The minimum atomic E-state index is 0.0552. The summed E-state index contributed by atoms with van der Waals surface area (Å²) in [5.41, 5.74) is 1.23. The third kappa shape index (κ3) is 3.58. The second kappa shape index (κ2) is 7.22. The molecule has 0 N–H and O–H groups in total. The van der Waals surface area contributed by atoms with Crippen molar-refractivity contribution >= 4 is 22.7 Å². The first-order valence-corrected chi connectivity index (χ1v) is 10.4. The molecule has 4 heterocycles. The minimum Gasteiger partial charge on any atom is -0.381 e. The van der Waals surface area contributed by atoms with Crippen molar-refractivity contribution in [2.45, 2.75) is 43.9 Å². The molecule has 2 aromatic rings. The van der Waals surface area contributed by atoms with Gasteiger partial charge in [0.25, 0.3) is 0 Å². The lowest BCUT2D eigenvalue weighted by atomic mass is 9.83. The maximum atomic E-state index is 6.17. The number of nitrogens with zero attached hydrogens (tertiary/aromatic N) is 2. The van der Waals surface area contributed by atoms with Crippen molar-refractivity contribution in [1.82, 2.24) is 9.88 Å². The molecule has 2 aliphatic heterocycles. The van der Waals surface area contributed by atoms with Crippen molar-refractivity contribution in [3.8, 4) is 9.88 Å². The molecule has 1 spiro atoms. The van der Waals surface area contributed by atoms with Crippen LogP contribution in [0.15, 0.2) is 22.9 Å². The summed E-state index contributed by atoms with van der Waals surface area (Å²) in [5, 5.41) is 5.45. The molecule has 1 unspecified atom stereocenters. The molecular weight excluding hydrogens is 340 g/mol. The number of hydrogen-bond donors (Lipinski definition) is 0. The zero-order valence-electron chi connectivity index (χ0n) is 14.1. The van der Waals surface area contributed by atoms with E-state index in [0.717, 1.165) is 57.1 Å². The zero-order valence-corrected chi connectivity index (χ0v) is 15.7. The van der Waals surface area contributed by atoms with E-state index in [2.05, 4.69) is 34.8 Å². The number of thiophene rings is 1. The molecule has 2 aliphatic rings. The van der Waals surface area contributed by atoms with Gasteiger partial charge in [-0.3, -0.25) is 4.90 Å². The normalized spacial score (nSPS) is 23.8. The van der Waals surface area contributed by atoms with Crippen LogP contribution in [0, 0.1) is 0 Å². The number of aromatic nitrogens is 1. The zero-order chi connectivity index (χ0) is 16.4. The summed E-state index contributed by atoms with van der Waals surface area (Å²) in [4.78, 5) is 8.56. The molecule has 0 amide bonds. The fourth-order valence-electron chi connectivity index (χ4n) is 3.75. The van der Waals surface area contributed by atoms with E-state index in [1.165, 1.54) is 10.6 Å². The van der Waals surface area contributed by atoms with Gasteiger partial charge in [-0.25, -0.2) is 4.98 Å². The van der Waals surface area contributed by atoms with Crippen LogP contribution in [-0.2, 0) is 16.0 Å². The molecule has 4 nitrogen and oxygen atoms in total. The van der Waals surface area contributed by atoms with E-state index in [1.807, 2.05) is 0 Å². The molecule has 1 atom stereocenters. The standard InChI is InChI=1S/C18H24N2O2S2/c1-20(12-14-13-24-17(19-14)16-3-2-10-23-16)15-4-7-22-18(11-15)5-8-21-9-6-18/h2-3,10,13,15H,4-9,11-12H2,1H3. The lowest BCUT2D eigenvalue weighted by Gasteiger charge is -2.45. The van der Waals surface area contributed by atoms with E-state index in [0.29, 0.717) is 6.04 Å². The van der Waals surface area contributed by atoms with Gasteiger partial charge in [0.1, 0.15) is 5.01 Å². The van der Waals surface area contributed by atoms with Crippen LogP contribution < -0.4 is 0 Å². The van der Waals surface area contributed by atoms with Crippen LogP contribution in [0.25, 0.3) is 9.88 Å². The fraction of sp³-hybridized carbons (Fsp3) is 0.611. The molecule has 24 heavy (non-hydrogen) atoms. The molecular formula is C18H24N2O2S2. The highest BCUT2D eigenvalue weighted by Crippen LogP contribution is 2.36. The third-order valence-electron chi connectivity index (χ3n) is 5.19. The van der Waals surface area contributed by atoms with Crippen LogP contribution in [0.2, 0.25) is 0 Å². The average molecular weight is 365 g/mol. The van der Waals surface area contributed by atoms with Gasteiger partial charge in [-0.1, -0.05) is 6.07 Å². The first-order chi connectivity index (χ1) is 11.7. The molecule has 0 bridgehead atoms. The summed E-state index contributed by atoms with van der Waals surface area (Å²) in [5.74, 6) is 0. The smallest absolute Gasteiger partial charge is 0.133 e. The van der Waals surface area contributed by atoms with Gasteiger partial charge in [0.05, 0.1) is 16.2 Å². The maximum absolute atomic E-state index is 6.17. The molecule has 0 saturated carbocycles. The van der Waals surface area contributed by atoms with E-state index < -0.39 is 0 Å². The Bertz CT molecular complexity index is 644. The van der Waals surface area contributed by atoms with E-state index in [-0.39, 0.29) is 5.60 Å². The van der Waals surface area contributed by atoms with Crippen LogP contribution in [0.1, 0.15) is 31.4 Å². The summed E-state index contributed by atoms with van der Waals surface area (Å²) in [6.45, 7) is 3.46. The molecule has 0 aliphatic carbocycles. The van der Waals surface area contributed by atoms with Gasteiger partial charge >= 0.3 is 0 Å². The average Bonchev–Trinajstić information content (AvgIpc) is 3.27. The molecule has 2 aromatic heterocycles. The first kappa shape index (κ1) is 16.7. The van der Waals surface area contributed by atoms with Crippen LogP contribution in [-0.4, -0.2) is 48.4 Å². The van der Waals surface area contributed by atoms with E-state index in [1.54, 1.807) is 22.7 Å². The second-order valence-electron chi connectivity index (χ2n) is 6.83. The Labute approximate surface area is 151 Å². The lowest BCUT2D eigenvalue weighted by molar-refractivity contribution is -0.150. The highest BCUT2D eigenvalue weighted by Gasteiger charge is 2.40. The van der Waals surface area contributed by atoms with Gasteiger partial charge in [0.15, 0.2) is 0 Å². The van der Waals surface area contributed by atoms with Crippen molar-refractivity contribution < 1.29 is 9.47 Å². The Morgan fingerprint density at radius 1 is 1.29 bits per heavy atom. The summed E-state index contributed by atoms with van der Waals surface area (Å²) in [6, 6.07) is 4.80. The summed E-state index contributed by atoms with van der Waals surface area (Å²) in [7, 11) is 2.23. The topological polar surface area (TPSA) is 34.6 Å². The molecule has 6 heteroatoms. The van der Waals surface area contributed by atoms with Gasteiger partial charge in [0.2, 0.25) is 0 Å². The Kier molecular flexibility index (Phi) is 5.01. The summed E-state index contributed by atoms with van der Waals surface area (Å²) in [6.07, 6.45) is 4.31. The van der Waals surface area contributed by atoms with Gasteiger partial charge in [-0.05, 0) is 44.2 Å². The summed E-state index contributed by atoms with van der Waals surface area (Å²) >= 11 is 3.51. The van der Waals surface area contributed by atoms with Crippen LogP contribution in [0.3, 0.4) is 0 Å². The number of thiazole rings is 1. The van der Waals surface area contributed by atoms with Crippen molar-refractivity contribution in [3.63, 3.8) is 0 Å². The molecule has 4 rings (SSSR count). The Balaban J connectivity index is 1.39. The number of rotatable bonds is 4. The Morgan fingerprint density at radius 3 is 2.96 bits per heavy atom. The third-order valence-corrected chi connectivity index (χ3v) is 7.12. The van der Waals surface area contributed by atoms with Crippen molar-refractivity contribution in [3.05, 3.63) is 28.6 Å². The molecule has 2 saturated heterocycles. The van der Waals surface area contributed by atoms with Crippen LogP contribution in [0.4, 0.5) is 0 Å². The van der Waals surface area contributed by atoms with Gasteiger partial charge in [-0.15, -0.1) is 22.7 Å². The SMILES string of the molecule is CN(Cc1csc(-c2cccs2)n1)C1CCOC2(CCOCC2)C1. The van der Waals surface area contributed by atoms with Crippen molar-refractivity contribution in [2.24, 2.45) is 0 Å². The van der Waals surface area contributed by atoms with Gasteiger partial charge in [0, 0.05) is 37.8 Å². The van der Waals surface area contributed by atoms with Crippen LogP contribution in [0.5, 0.6) is 0 Å². The van der Waals surface area contributed by atoms with Crippen LogP contribution >= 0.6 is 22.7 Å². The predicted molar refractivity (Wildman–Crippen MR) is 98.7 cm³/mol. The highest BCUT2D eigenvalue weighted by atomic mass is 32.1. The monoisotopic (exact) mass is 364 g/mol. The quantitative estimate of drug-likeness (QED) is 0.820. The molecule has 2 fully saturated rings. The van der Waals surface area contributed by atoms with Crippen molar-refractivity contribution in [1.29, 1.82) is 0 Å². The molecule has 0 aromatic carbocycles. The number of hydrogen-bond acceptors (Lipinski definition) is 6. The van der Waals surface area contributed by atoms with Crippen molar-refractivity contribution in [2.75, 3.05) is 26.9 Å². The fourth-order valence-corrected chi connectivity index (χ4v) is 5.37. The van der Waals surface area contributed by atoms with Gasteiger partial charge in [-0.2, -0.15) is 0 Å². The Hall–Kier alpha value is -0.790. The highest BCUT2D eigenvalue weighted by molar-refractivity contribution is 7.20. The first-order valence-electron chi connectivity index (χ1n) is 8.64. The minimum absolute atomic E-state index is 0.0552. The molecule has 0 radical (unpaired) electrons. The summed E-state index contributed by atoms with van der Waals surface area (Å²) < 4.78 is 11.7. The second-order valence-corrected chi connectivity index (χ2v) is 8.63.